The zero-order valence-corrected chi connectivity index (χ0v) is 5.49. The molecule has 4 nitrogen and oxygen atoms in total. The fraction of sp³-hybridized carbons (Fsp3) is 0.833. The van der Waals surface area contributed by atoms with E-state index in [0.29, 0.717) is 13.2 Å². The molecule has 0 aromatic rings. The monoisotopic (exact) mass is 143 g/mol. The molecule has 0 amide bonds. The molecule has 56 valence electrons. The Hall–Kier alpha value is -0.630. The molecule has 1 saturated heterocycles. The minimum atomic E-state index is -0.969. The van der Waals surface area contributed by atoms with Crippen molar-refractivity contribution in [1.29, 1.82) is 5.26 Å². The van der Waals surface area contributed by atoms with Crippen molar-refractivity contribution in [2.75, 3.05) is 13.2 Å². The van der Waals surface area contributed by atoms with Crippen LogP contribution in [0, 0.1) is 11.3 Å². The van der Waals surface area contributed by atoms with Gasteiger partial charge in [-0.15, -0.1) is 0 Å². The standard InChI is InChI=1S/C6H9NO3/c7-4-5(8)3-6-9-1-2-10-6/h5-6,8H,1-3H2. The molecule has 0 radical (unpaired) electrons. The lowest BCUT2D eigenvalue weighted by Gasteiger charge is -2.07. The lowest BCUT2D eigenvalue weighted by Crippen LogP contribution is -2.16. The van der Waals surface area contributed by atoms with Crippen LogP contribution >= 0.6 is 0 Å². The molecule has 4 heteroatoms. The number of aliphatic hydroxyl groups excluding tert-OH is 1. The maximum Gasteiger partial charge on any atom is 0.161 e. The zero-order chi connectivity index (χ0) is 7.40. The third-order valence-corrected chi connectivity index (χ3v) is 1.26. The highest BCUT2D eigenvalue weighted by molar-refractivity contribution is 4.82. The maximum atomic E-state index is 8.80. The lowest BCUT2D eigenvalue weighted by atomic mass is 10.3. The van der Waals surface area contributed by atoms with E-state index in [2.05, 4.69) is 0 Å². The highest BCUT2D eigenvalue weighted by Crippen LogP contribution is 2.09. The Morgan fingerprint density at radius 2 is 2.20 bits per heavy atom. The van der Waals surface area contributed by atoms with Gasteiger partial charge in [0.1, 0.15) is 6.10 Å². The van der Waals surface area contributed by atoms with Crippen molar-refractivity contribution in [3.8, 4) is 6.07 Å². The van der Waals surface area contributed by atoms with Crippen LogP contribution in [0.5, 0.6) is 0 Å². The first-order valence-corrected chi connectivity index (χ1v) is 3.14. The minimum Gasteiger partial charge on any atom is -0.378 e. The number of nitrogens with zero attached hydrogens (tertiary/aromatic N) is 1. The van der Waals surface area contributed by atoms with Gasteiger partial charge in [0, 0.05) is 6.42 Å². The number of hydrogen-bond donors (Lipinski definition) is 1. The summed E-state index contributed by atoms with van der Waals surface area (Å²) in [5, 5.41) is 17.0. The Morgan fingerprint density at radius 1 is 1.60 bits per heavy atom. The van der Waals surface area contributed by atoms with E-state index in [1.807, 2.05) is 0 Å². The smallest absolute Gasteiger partial charge is 0.161 e. The average molecular weight is 143 g/mol. The number of hydrogen-bond acceptors (Lipinski definition) is 4. The first kappa shape index (κ1) is 7.48. The quantitative estimate of drug-likeness (QED) is 0.536. The normalized spacial score (nSPS) is 22.4. The van der Waals surface area contributed by atoms with E-state index >= 15 is 0 Å². The van der Waals surface area contributed by atoms with Crippen LogP contribution in [-0.4, -0.2) is 30.7 Å². The number of ether oxygens (including phenoxy) is 2. The van der Waals surface area contributed by atoms with Gasteiger partial charge in [-0.2, -0.15) is 5.26 Å². The second-order valence-corrected chi connectivity index (χ2v) is 2.05. The summed E-state index contributed by atoms with van der Waals surface area (Å²) in [5.74, 6) is 0. The number of aliphatic hydroxyl groups is 1. The summed E-state index contributed by atoms with van der Waals surface area (Å²) in [6.07, 6.45) is -1.10. The molecule has 1 aliphatic heterocycles. The largest absolute Gasteiger partial charge is 0.378 e. The molecule has 1 fully saturated rings. The minimum absolute atomic E-state index is 0.247. The van der Waals surface area contributed by atoms with Gasteiger partial charge in [0.2, 0.25) is 0 Å². The van der Waals surface area contributed by atoms with Crippen LogP contribution in [-0.2, 0) is 9.47 Å². The fourth-order valence-corrected chi connectivity index (χ4v) is 0.778. The highest BCUT2D eigenvalue weighted by Gasteiger charge is 2.19. The van der Waals surface area contributed by atoms with E-state index < -0.39 is 6.10 Å². The van der Waals surface area contributed by atoms with E-state index in [9.17, 15) is 0 Å². The molecule has 0 aliphatic carbocycles. The Balaban J connectivity index is 2.19. The topological polar surface area (TPSA) is 62.5 Å². The molecular weight excluding hydrogens is 134 g/mol. The van der Waals surface area contributed by atoms with Crippen molar-refractivity contribution in [3.63, 3.8) is 0 Å². The first-order valence-electron chi connectivity index (χ1n) is 3.14. The SMILES string of the molecule is N#CC(O)CC1OCCO1. The van der Waals surface area contributed by atoms with Crippen molar-refractivity contribution < 1.29 is 14.6 Å². The van der Waals surface area contributed by atoms with Gasteiger partial charge in [0.05, 0.1) is 19.3 Å². The molecule has 1 unspecified atom stereocenters. The predicted octanol–water partition coefficient (Wildman–Crippen LogP) is -0.366. The Morgan fingerprint density at radius 3 is 2.70 bits per heavy atom. The highest BCUT2D eigenvalue weighted by atomic mass is 16.7. The van der Waals surface area contributed by atoms with Gasteiger partial charge in [0.25, 0.3) is 0 Å². The lowest BCUT2D eigenvalue weighted by molar-refractivity contribution is -0.0626. The number of rotatable bonds is 2. The molecule has 10 heavy (non-hydrogen) atoms. The Kier molecular flexibility index (Phi) is 2.63. The van der Waals surface area contributed by atoms with Gasteiger partial charge in [-0.3, -0.25) is 0 Å². The van der Waals surface area contributed by atoms with Crippen LogP contribution in [0.4, 0.5) is 0 Å². The summed E-state index contributed by atoms with van der Waals surface area (Å²) in [4.78, 5) is 0. The Bertz CT molecular complexity index is 136. The average Bonchev–Trinajstić information content (AvgIpc) is 2.40. The van der Waals surface area contributed by atoms with Gasteiger partial charge in [-0.1, -0.05) is 0 Å². The van der Waals surface area contributed by atoms with E-state index in [-0.39, 0.29) is 12.7 Å². The third-order valence-electron chi connectivity index (χ3n) is 1.26. The molecule has 1 aliphatic rings. The molecule has 1 rings (SSSR count). The summed E-state index contributed by atoms with van der Waals surface area (Å²) in [7, 11) is 0. The third kappa shape index (κ3) is 1.95. The molecule has 0 aromatic carbocycles. The van der Waals surface area contributed by atoms with Gasteiger partial charge < -0.3 is 14.6 Å². The summed E-state index contributed by atoms with van der Waals surface area (Å²) >= 11 is 0. The van der Waals surface area contributed by atoms with E-state index in [0.717, 1.165) is 0 Å². The van der Waals surface area contributed by atoms with Crippen LogP contribution in [0.25, 0.3) is 0 Å². The zero-order valence-electron chi connectivity index (χ0n) is 5.49. The van der Waals surface area contributed by atoms with E-state index in [1.165, 1.54) is 0 Å². The van der Waals surface area contributed by atoms with Crippen LogP contribution in [0.3, 0.4) is 0 Å². The first-order chi connectivity index (χ1) is 4.83. The molecule has 1 N–H and O–H groups in total. The van der Waals surface area contributed by atoms with Crippen molar-refractivity contribution in [2.24, 2.45) is 0 Å². The van der Waals surface area contributed by atoms with Crippen LogP contribution in [0.1, 0.15) is 6.42 Å². The van der Waals surface area contributed by atoms with Crippen molar-refractivity contribution in [2.45, 2.75) is 18.8 Å². The molecular formula is C6H9NO3. The summed E-state index contributed by atoms with van der Waals surface area (Å²) < 4.78 is 9.98. The second kappa shape index (κ2) is 3.52. The van der Waals surface area contributed by atoms with E-state index in [1.54, 1.807) is 6.07 Å². The molecule has 0 saturated carbocycles. The van der Waals surface area contributed by atoms with Crippen molar-refractivity contribution in [3.05, 3.63) is 0 Å². The Labute approximate surface area is 59.0 Å². The molecule has 0 spiro atoms. The second-order valence-electron chi connectivity index (χ2n) is 2.05. The van der Waals surface area contributed by atoms with Crippen LogP contribution in [0.2, 0.25) is 0 Å². The van der Waals surface area contributed by atoms with Crippen molar-refractivity contribution >= 4 is 0 Å². The molecule has 0 aromatic heterocycles. The van der Waals surface area contributed by atoms with Gasteiger partial charge in [0.15, 0.2) is 6.29 Å². The van der Waals surface area contributed by atoms with Crippen LogP contribution in [0.15, 0.2) is 0 Å². The van der Waals surface area contributed by atoms with Gasteiger partial charge >= 0.3 is 0 Å². The predicted molar refractivity (Wildman–Crippen MR) is 31.9 cm³/mol. The maximum absolute atomic E-state index is 8.80. The summed E-state index contributed by atoms with van der Waals surface area (Å²) in [6.45, 7) is 1.12. The number of nitriles is 1. The summed E-state index contributed by atoms with van der Waals surface area (Å²) in [5.41, 5.74) is 0. The molecule has 0 bridgehead atoms. The fourth-order valence-electron chi connectivity index (χ4n) is 0.778. The molecule has 1 heterocycles. The summed E-state index contributed by atoms with van der Waals surface area (Å²) in [6, 6.07) is 1.69. The van der Waals surface area contributed by atoms with Gasteiger partial charge in [-0.05, 0) is 0 Å². The van der Waals surface area contributed by atoms with Crippen LogP contribution < -0.4 is 0 Å². The van der Waals surface area contributed by atoms with Gasteiger partial charge in [-0.25, -0.2) is 0 Å². The van der Waals surface area contributed by atoms with Crippen molar-refractivity contribution in [1.82, 2.24) is 0 Å². The molecule has 1 atom stereocenters. The van der Waals surface area contributed by atoms with E-state index in [4.69, 9.17) is 19.8 Å².